The van der Waals surface area contributed by atoms with Crippen LogP contribution in [0.2, 0.25) is 0 Å². The van der Waals surface area contributed by atoms with Crippen LogP contribution in [0.5, 0.6) is 0 Å². The Hall–Kier alpha value is -2.42. The second-order valence-corrected chi connectivity index (χ2v) is 4.87. The Morgan fingerprint density at radius 2 is 1.90 bits per heavy atom. The number of fused-ring (bicyclic) bond motifs is 1. The van der Waals surface area contributed by atoms with Gasteiger partial charge in [0.2, 0.25) is 5.78 Å². The molecule has 0 aliphatic rings. The first-order valence-electron chi connectivity index (χ1n) is 6.36. The van der Waals surface area contributed by atoms with Gasteiger partial charge in [-0.1, -0.05) is 18.2 Å². The van der Waals surface area contributed by atoms with Gasteiger partial charge in [-0.25, -0.2) is 4.39 Å². The van der Waals surface area contributed by atoms with E-state index in [1.165, 1.54) is 18.2 Å². The van der Waals surface area contributed by atoms with Gasteiger partial charge in [0.25, 0.3) is 0 Å². The van der Waals surface area contributed by atoms with Crippen molar-refractivity contribution in [3.8, 4) is 0 Å². The molecule has 0 unspecified atom stereocenters. The SMILES string of the molecule is Cc1cccc(C(=O)c2cc3cc(F)ccc3o2)c1C. The number of rotatable bonds is 2. The highest BCUT2D eigenvalue weighted by atomic mass is 19.1. The van der Waals surface area contributed by atoms with Gasteiger partial charge in [-0.3, -0.25) is 4.79 Å². The van der Waals surface area contributed by atoms with E-state index in [-0.39, 0.29) is 17.4 Å². The summed E-state index contributed by atoms with van der Waals surface area (Å²) in [5.41, 5.74) is 3.12. The summed E-state index contributed by atoms with van der Waals surface area (Å²) in [6, 6.07) is 11.4. The van der Waals surface area contributed by atoms with Crippen molar-refractivity contribution >= 4 is 16.8 Å². The highest BCUT2D eigenvalue weighted by Crippen LogP contribution is 2.24. The predicted molar refractivity (Wildman–Crippen MR) is 75.5 cm³/mol. The van der Waals surface area contributed by atoms with E-state index in [2.05, 4.69) is 0 Å². The summed E-state index contributed by atoms with van der Waals surface area (Å²) in [6.45, 7) is 3.87. The van der Waals surface area contributed by atoms with Crippen molar-refractivity contribution < 1.29 is 13.6 Å². The largest absolute Gasteiger partial charge is 0.453 e. The number of aryl methyl sites for hydroxylation is 1. The van der Waals surface area contributed by atoms with E-state index >= 15 is 0 Å². The molecule has 2 aromatic carbocycles. The third-order valence-corrected chi connectivity index (χ3v) is 3.55. The van der Waals surface area contributed by atoms with Gasteiger partial charge in [0.1, 0.15) is 11.4 Å². The molecular formula is C17H13FO2. The maximum absolute atomic E-state index is 13.2. The zero-order valence-corrected chi connectivity index (χ0v) is 11.2. The predicted octanol–water partition coefficient (Wildman–Crippen LogP) is 4.42. The number of carbonyl (C=O) groups is 1. The third kappa shape index (κ3) is 2.01. The van der Waals surface area contributed by atoms with Gasteiger partial charge in [0.15, 0.2) is 5.76 Å². The van der Waals surface area contributed by atoms with Crippen molar-refractivity contribution in [3.05, 3.63) is 70.7 Å². The standard InChI is InChI=1S/C17H13FO2/c1-10-4-3-5-14(11(10)2)17(19)16-9-12-8-13(18)6-7-15(12)20-16/h3-9H,1-2H3. The van der Waals surface area contributed by atoms with Gasteiger partial charge in [-0.2, -0.15) is 0 Å². The maximum Gasteiger partial charge on any atom is 0.228 e. The molecule has 0 spiro atoms. The molecule has 3 rings (SSSR count). The normalized spacial score (nSPS) is 10.9. The van der Waals surface area contributed by atoms with Crippen LogP contribution in [0.3, 0.4) is 0 Å². The highest BCUT2D eigenvalue weighted by Gasteiger charge is 2.17. The fraction of sp³-hybridized carbons (Fsp3) is 0.118. The van der Waals surface area contributed by atoms with Crippen LogP contribution < -0.4 is 0 Å². The van der Waals surface area contributed by atoms with E-state index in [0.29, 0.717) is 16.5 Å². The Kier molecular flexibility index (Phi) is 2.90. The van der Waals surface area contributed by atoms with Gasteiger partial charge in [-0.05, 0) is 49.2 Å². The molecular weight excluding hydrogens is 255 g/mol. The molecule has 0 amide bonds. The molecule has 1 heterocycles. The number of hydrogen-bond donors (Lipinski definition) is 0. The van der Waals surface area contributed by atoms with Crippen LogP contribution in [0.25, 0.3) is 11.0 Å². The maximum atomic E-state index is 13.2. The first-order valence-corrected chi connectivity index (χ1v) is 6.36. The van der Waals surface area contributed by atoms with Crippen molar-refractivity contribution in [1.82, 2.24) is 0 Å². The molecule has 0 saturated carbocycles. The zero-order chi connectivity index (χ0) is 14.3. The lowest BCUT2D eigenvalue weighted by atomic mass is 9.99. The summed E-state index contributed by atoms with van der Waals surface area (Å²) in [6.07, 6.45) is 0. The topological polar surface area (TPSA) is 30.2 Å². The molecule has 0 radical (unpaired) electrons. The monoisotopic (exact) mass is 268 g/mol. The van der Waals surface area contributed by atoms with Crippen LogP contribution >= 0.6 is 0 Å². The minimum absolute atomic E-state index is 0.178. The van der Waals surface area contributed by atoms with Gasteiger partial charge >= 0.3 is 0 Å². The molecule has 3 heteroatoms. The van der Waals surface area contributed by atoms with E-state index in [0.717, 1.165) is 11.1 Å². The molecule has 0 bridgehead atoms. The van der Waals surface area contributed by atoms with E-state index in [4.69, 9.17) is 4.42 Å². The van der Waals surface area contributed by atoms with Crippen molar-refractivity contribution in [2.75, 3.05) is 0 Å². The molecule has 1 aromatic heterocycles. The van der Waals surface area contributed by atoms with Gasteiger partial charge in [-0.15, -0.1) is 0 Å². The van der Waals surface area contributed by atoms with Gasteiger partial charge in [0.05, 0.1) is 0 Å². The number of benzene rings is 2. The second-order valence-electron chi connectivity index (χ2n) is 4.87. The lowest BCUT2D eigenvalue weighted by Crippen LogP contribution is -2.03. The highest BCUT2D eigenvalue weighted by molar-refractivity contribution is 6.10. The van der Waals surface area contributed by atoms with Crippen LogP contribution in [0.4, 0.5) is 4.39 Å². The summed E-state index contributed by atoms with van der Waals surface area (Å²) >= 11 is 0. The minimum Gasteiger partial charge on any atom is -0.453 e. The molecule has 100 valence electrons. The number of furan rings is 1. The van der Waals surface area contributed by atoms with Gasteiger partial charge < -0.3 is 4.42 Å². The van der Waals surface area contributed by atoms with Crippen LogP contribution in [0.15, 0.2) is 46.9 Å². The Balaban J connectivity index is 2.10. The van der Waals surface area contributed by atoms with Crippen molar-refractivity contribution in [3.63, 3.8) is 0 Å². The van der Waals surface area contributed by atoms with E-state index in [9.17, 15) is 9.18 Å². The second kappa shape index (κ2) is 4.60. The number of ketones is 1. The summed E-state index contributed by atoms with van der Waals surface area (Å²) in [5, 5.41) is 0.596. The van der Waals surface area contributed by atoms with E-state index in [1.807, 2.05) is 26.0 Å². The lowest BCUT2D eigenvalue weighted by Gasteiger charge is -2.05. The molecule has 0 saturated heterocycles. The Morgan fingerprint density at radius 3 is 2.70 bits per heavy atom. The van der Waals surface area contributed by atoms with Crippen molar-refractivity contribution in [2.24, 2.45) is 0 Å². The fourth-order valence-corrected chi connectivity index (χ4v) is 2.26. The van der Waals surface area contributed by atoms with Crippen molar-refractivity contribution in [1.29, 1.82) is 0 Å². The average Bonchev–Trinajstić information content (AvgIpc) is 2.84. The molecule has 0 atom stereocenters. The van der Waals surface area contributed by atoms with Gasteiger partial charge in [0, 0.05) is 10.9 Å². The molecule has 0 N–H and O–H groups in total. The molecule has 0 aliphatic carbocycles. The minimum atomic E-state index is -0.343. The summed E-state index contributed by atoms with van der Waals surface area (Å²) in [7, 11) is 0. The Morgan fingerprint density at radius 1 is 1.10 bits per heavy atom. The van der Waals surface area contributed by atoms with Crippen LogP contribution in [0.1, 0.15) is 27.2 Å². The van der Waals surface area contributed by atoms with Crippen LogP contribution in [-0.2, 0) is 0 Å². The third-order valence-electron chi connectivity index (χ3n) is 3.55. The van der Waals surface area contributed by atoms with Crippen molar-refractivity contribution in [2.45, 2.75) is 13.8 Å². The summed E-state index contributed by atoms with van der Waals surface area (Å²) < 4.78 is 18.7. The first-order chi connectivity index (χ1) is 9.56. The molecule has 2 nitrogen and oxygen atoms in total. The quantitative estimate of drug-likeness (QED) is 0.644. The van der Waals surface area contributed by atoms with E-state index < -0.39 is 0 Å². The molecule has 0 fully saturated rings. The molecule has 3 aromatic rings. The number of carbonyl (C=O) groups excluding carboxylic acids is 1. The van der Waals surface area contributed by atoms with E-state index in [1.54, 1.807) is 12.1 Å². The zero-order valence-electron chi connectivity index (χ0n) is 11.2. The number of hydrogen-bond acceptors (Lipinski definition) is 2. The Bertz CT molecular complexity index is 815. The Labute approximate surface area is 115 Å². The summed E-state index contributed by atoms with van der Waals surface area (Å²) in [5.74, 6) is -0.286. The lowest BCUT2D eigenvalue weighted by molar-refractivity contribution is 0.101. The summed E-state index contributed by atoms with van der Waals surface area (Å²) in [4.78, 5) is 12.5. The smallest absolute Gasteiger partial charge is 0.228 e. The van der Waals surface area contributed by atoms with Crippen LogP contribution in [0, 0.1) is 19.7 Å². The fourth-order valence-electron chi connectivity index (χ4n) is 2.26. The molecule has 20 heavy (non-hydrogen) atoms. The van der Waals surface area contributed by atoms with Crippen LogP contribution in [-0.4, -0.2) is 5.78 Å². The first kappa shape index (κ1) is 12.6. The number of halogens is 1. The average molecular weight is 268 g/mol. The molecule has 0 aliphatic heterocycles.